The van der Waals surface area contributed by atoms with Crippen molar-refractivity contribution in [2.75, 3.05) is 7.11 Å². The molecule has 5 heteroatoms. The van der Waals surface area contributed by atoms with E-state index in [0.717, 1.165) is 15.8 Å². The van der Waals surface area contributed by atoms with Gasteiger partial charge in [-0.25, -0.2) is 0 Å². The Bertz CT molecular complexity index is 728. The van der Waals surface area contributed by atoms with Crippen molar-refractivity contribution in [1.82, 2.24) is 5.32 Å². The van der Waals surface area contributed by atoms with Gasteiger partial charge in [0.1, 0.15) is 5.75 Å². The van der Waals surface area contributed by atoms with Crippen molar-refractivity contribution < 1.29 is 14.3 Å². The molecule has 0 saturated heterocycles. The van der Waals surface area contributed by atoms with Crippen LogP contribution in [0.1, 0.15) is 35.7 Å². The molecule has 0 spiro atoms. The third kappa shape index (κ3) is 6.35. The second-order valence-corrected chi connectivity index (χ2v) is 6.87. The molecule has 0 radical (unpaired) electrons. The zero-order valence-electron chi connectivity index (χ0n) is 14.4. The van der Waals surface area contributed by atoms with Crippen LogP contribution >= 0.6 is 15.9 Å². The van der Waals surface area contributed by atoms with Crippen molar-refractivity contribution >= 4 is 27.6 Å². The maximum atomic E-state index is 12.1. The van der Waals surface area contributed by atoms with Crippen LogP contribution in [0.2, 0.25) is 0 Å². The van der Waals surface area contributed by atoms with Gasteiger partial charge in [-0.2, -0.15) is 0 Å². The van der Waals surface area contributed by atoms with E-state index in [0.29, 0.717) is 12.0 Å². The zero-order valence-corrected chi connectivity index (χ0v) is 16.0. The lowest BCUT2D eigenvalue weighted by Gasteiger charge is -2.14. The minimum atomic E-state index is -0.110. The molecule has 132 valence electrons. The molecule has 2 aromatic carbocycles. The lowest BCUT2D eigenvalue weighted by Crippen LogP contribution is -2.34. The van der Waals surface area contributed by atoms with Crippen LogP contribution in [0.3, 0.4) is 0 Å². The van der Waals surface area contributed by atoms with Gasteiger partial charge in [0.25, 0.3) is 0 Å². The van der Waals surface area contributed by atoms with Crippen LogP contribution in [0.5, 0.6) is 5.75 Å². The van der Waals surface area contributed by atoms with E-state index in [1.54, 1.807) is 19.2 Å². The van der Waals surface area contributed by atoms with Gasteiger partial charge in [0.2, 0.25) is 5.91 Å². The van der Waals surface area contributed by atoms with Crippen LogP contribution in [0.25, 0.3) is 0 Å². The van der Waals surface area contributed by atoms with Crippen LogP contribution in [0.4, 0.5) is 0 Å². The lowest BCUT2D eigenvalue weighted by molar-refractivity contribution is -0.121. The SMILES string of the molecule is COc1cccc(CC(C)NC(=O)CCC(=O)c2ccc(Br)cc2)c1. The molecule has 1 atom stereocenters. The quantitative estimate of drug-likeness (QED) is 0.672. The smallest absolute Gasteiger partial charge is 0.220 e. The predicted molar refractivity (Wildman–Crippen MR) is 102 cm³/mol. The molecular weight excluding hydrogens is 382 g/mol. The Hall–Kier alpha value is -2.14. The summed E-state index contributed by atoms with van der Waals surface area (Å²) in [5.74, 6) is 0.667. The number of Topliss-reactive ketones (excluding diaryl/α,β-unsaturated/α-hetero) is 1. The van der Waals surface area contributed by atoms with E-state index in [9.17, 15) is 9.59 Å². The normalized spacial score (nSPS) is 11.6. The number of hydrogen-bond donors (Lipinski definition) is 1. The third-order valence-electron chi connectivity index (χ3n) is 3.83. The van der Waals surface area contributed by atoms with E-state index in [4.69, 9.17) is 4.74 Å². The van der Waals surface area contributed by atoms with Crippen LogP contribution in [-0.4, -0.2) is 24.8 Å². The van der Waals surface area contributed by atoms with E-state index in [1.807, 2.05) is 43.3 Å². The maximum absolute atomic E-state index is 12.1. The molecule has 0 saturated carbocycles. The first kappa shape index (κ1) is 19.2. The first-order chi connectivity index (χ1) is 12.0. The van der Waals surface area contributed by atoms with Crippen LogP contribution in [0.15, 0.2) is 53.0 Å². The Morgan fingerprint density at radius 3 is 2.52 bits per heavy atom. The molecule has 0 heterocycles. The molecule has 1 N–H and O–H groups in total. The predicted octanol–water partition coefficient (Wildman–Crippen LogP) is 4.17. The van der Waals surface area contributed by atoms with Gasteiger partial charge in [-0.15, -0.1) is 0 Å². The number of hydrogen-bond acceptors (Lipinski definition) is 3. The van der Waals surface area contributed by atoms with Crippen molar-refractivity contribution in [3.8, 4) is 5.75 Å². The molecule has 0 aromatic heterocycles. The van der Waals surface area contributed by atoms with Crippen molar-refractivity contribution in [2.45, 2.75) is 32.2 Å². The average Bonchev–Trinajstić information content (AvgIpc) is 2.60. The molecule has 0 aliphatic carbocycles. The highest BCUT2D eigenvalue weighted by Crippen LogP contribution is 2.15. The van der Waals surface area contributed by atoms with Crippen molar-refractivity contribution in [3.63, 3.8) is 0 Å². The largest absolute Gasteiger partial charge is 0.497 e. The number of ether oxygens (including phenoxy) is 1. The molecule has 0 bridgehead atoms. The summed E-state index contributed by atoms with van der Waals surface area (Å²) >= 11 is 3.34. The molecule has 2 rings (SSSR count). The summed E-state index contributed by atoms with van der Waals surface area (Å²) in [7, 11) is 1.63. The fourth-order valence-corrected chi connectivity index (χ4v) is 2.82. The maximum Gasteiger partial charge on any atom is 0.220 e. The van der Waals surface area contributed by atoms with E-state index >= 15 is 0 Å². The molecule has 1 amide bonds. The summed E-state index contributed by atoms with van der Waals surface area (Å²) < 4.78 is 6.13. The number of halogens is 1. The number of rotatable bonds is 8. The minimum Gasteiger partial charge on any atom is -0.497 e. The number of nitrogens with one attached hydrogen (secondary N) is 1. The number of carbonyl (C=O) groups is 2. The van der Waals surface area contributed by atoms with Gasteiger partial charge in [0.15, 0.2) is 5.78 Å². The summed E-state index contributed by atoms with van der Waals surface area (Å²) in [5.41, 5.74) is 1.72. The Balaban J connectivity index is 1.79. The molecule has 25 heavy (non-hydrogen) atoms. The van der Waals surface area contributed by atoms with E-state index in [-0.39, 0.29) is 30.6 Å². The molecule has 0 aliphatic heterocycles. The second-order valence-electron chi connectivity index (χ2n) is 5.95. The van der Waals surface area contributed by atoms with Crippen LogP contribution < -0.4 is 10.1 Å². The zero-order chi connectivity index (χ0) is 18.2. The minimum absolute atomic E-state index is 0.0117. The van der Waals surface area contributed by atoms with E-state index < -0.39 is 0 Å². The van der Waals surface area contributed by atoms with Gasteiger partial charge in [-0.05, 0) is 43.2 Å². The van der Waals surface area contributed by atoms with Gasteiger partial charge >= 0.3 is 0 Å². The first-order valence-electron chi connectivity index (χ1n) is 8.19. The number of amides is 1. The summed E-state index contributed by atoms with van der Waals surface area (Å²) in [5, 5.41) is 2.94. The van der Waals surface area contributed by atoms with Crippen molar-refractivity contribution in [1.29, 1.82) is 0 Å². The molecule has 4 nitrogen and oxygen atoms in total. The summed E-state index contributed by atoms with van der Waals surface area (Å²) in [6.45, 7) is 1.95. The highest BCUT2D eigenvalue weighted by molar-refractivity contribution is 9.10. The third-order valence-corrected chi connectivity index (χ3v) is 4.36. The molecule has 0 aliphatic rings. The van der Waals surface area contributed by atoms with Crippen molar-refractivity contribution in [2.24, 2.45) is 0 Å². The molecular formula is C20H22BrNO3. The first-order valence-corrected chi connectivity index (χ1v) is 8.98. The molecule has 2 aromatic rings. The highest BCUT2D eigenvalue weighted by atomic mass is 79.9. The fourth-order valence-electron chi connectivity index (χ4n) is 2.56. The second kappa shape index (κ2) is 9.37. The number of methoxy groups -OCH3 is 1. The van der Waals surface area contributed by atoms with Gasteiger partial charge in [-0.1, -0.05) is 40.2 Å². The Morgan fingerprint density at radius 2 is 1.84 bits per heavy atom. The molecule has 1 unspecified atom stereocenters. The lowest BCUT2D eigenvalue weighted by atomic mass is 10.1. The highest BCUT2D eigenvalue weighted by Gasteiger charge is 2.12. The van der Waals surface area contributed by atoms with Crippen molar-refractivity contribution in [3.05, 3.63) is 64.1 Å². The number of ketones is 1. The summed E-state index contributed by atoms with van der Waals surface area (Å²) in [6, 6.07) is 14.9. The van der Waals surface area contributed by atoms with Crippen LogP contribution in [-0.2, 0) is 11.2 Å². The monoisotopic (exact) mass is 403 g/mol. The number of carbonyl (C=O) groups excluding carboxylic acids is 2. The van der Waals surface area contributed by atoms with Gasteiger partial charge in [0, 0.05) is 28.9 Å². The van der Waals surface area contributed by atoms with Gasteiger partial charge in [0.05, 0.1) is 7.11 Å². The average molecular weight is 404 g/mol. The van der Waals surface area contributed by atoms with E-state index in [2.05, 4.69) is 21.2 Å². The standard InChI is InChI=1S/C20H22BrNO3/c1-14(12-15-4-3-5-18(13-15)25-2)22-20(24)11-10-19(23)16-6-8-17(21)9-7-16/h3-9,13-14H,10-12H2,1-2H3,(H,22,24). The summed E-state index contributed by atoms with van der Waals surface area (Å²) in [4.78, 5) is 24.2. The fraction of sp³-hybridized carbons (Fsp3) is 0.300. The Labute approximate surface area is 156 Å². The molecule has 0 fully saturated rings. The van der Waals surface area contributed by atoms with E-state index in [1.165, 1.54) is 0 Å². The van der Waals surface area contributed by atoms with Gasteiger partial charge < -0.3 is 10.1 Å². The topological polar surface area (TPSA) is 55.4 Å². The Morgan fingerprint density at radius 1 is 1.12 bits per heavy atom. The van der Waals surface area contributed by atoms with Crippen LogP contribution in [0, 0.1) is 0 Å². The number of benzene rings is 2. The van der Waals surface area contributed by atoms with Gasteiger partial charge in [-0.3, -0.25) is 9.59 Å². The Kier molecular flexibility index (Phi) is 7.19. The summed E-state index contributed by atoms with van der Waals surface area (Å²) in [6.07, 6.45) is 1.11.